The number of benzene rings is 2. The fraction of sp³-hybridized carbons (Fsp3) is 0.423. The molecule has 1 aliphatic rings. The van der Waals surface area contributed by atoms with Crippen molar-refractivity contribution in [2.75, 3.05) is 31.7 Å². The monoisotopic (exact) mass is 489 g/mol. The van der Waals surface area contributed by atoms with Gasteiger partial charge in [0.1, 0.15) is 5.82 Å². The quantitative estimate of drug-likeness (QED) is 0.346. The number of rotatable bonds is 6. The van der Waals surface area contributed by atoms with Crippen LogP contribution in [0.25, 0.3) is 21.2 Å². The van der Waals surface area contributed by atoms with Gasteiger partial charge < -0.3 is 14.4 Å². The summed E-state index contributed by atoms with van der Waals surface area (Å²) in [7, 11) is 1.39. The average Bonchev–Trinajstić information content (AvgIpc) is 3.11. The van der Waals surface area contributed by atoms with Crippen LogP contribution >= 0.6 is 22.9 Å². The summed E-state index contributed by atoms with van der Waals surface area (Å²) < 4.78 is 26.3. The van der Waals surface area contributed by atoms with E-state index in [4.69, 9.17) is 21.1 Å². The highest BCUT2D eigenvalue weighted by atomic mass is 35.5. The van der Waals surface area contributed by atoms with Crippen molar-refractivity contribution >= 4 is 44.7 Å². The number of anilines is 1. The molecule has 1 aromatic heterocycles. The molecule has 33 heavy (non-hydrogen) atoms. The maximum absolute atomic E-state index is 14.3. The molecule has 2 aromatic carbocycles. The van der Waals surface area contributed by atoms with Crippen LogP contribution in [0.4, 0.5) is 10.1 Å². The first-order chi connectivity index (χ1) is 15.8. The predicted molar refractivity (Wildman–Crippen MR) is 134 cm³/mol. The van der Waals surface area contributed by atoms with Crippen LogP contribution in [0.15, 0.2) is 30.3 Å². The second kappa shape index (κ2) is 10.00. The van der Waals surface area contributed by atoms with E-state index in [0.29, 0.717) is 24.6 Å². The molecule has 0 spiro atoms. The number of hydrogen-bond acceptors (Lipinski definition) is 5. The Hall–Kier alpha value is -2.15. The third-order valence-electron chi connectivity index (χ3n) is 6.14. The number of morpholine rings is 1. The number of methoxy groups -OCH3 is 1. The normalized spacial score (nSPS) is 16.6. The van der Waals surface area contributed by atoms with Gasteiger partial charge in [0, 0.05) is 33.6 Å². The van der Waals surface area contributed by atoms with Crippen LogP contribution < -0.4 is 4.90 Å². The number of thiophene rings is 1. The molecule has 0 unspecified atom stereocenters. The highest BCUT2D eigenvalue weighted by Crippen LogP contribution is 2.41. The van der Waals surface area contributed by atoms with Gasteiger partial charge in [-0.25, -0.2) is 9.18 Å². The fourth-order valence-electron chi connectivity index (χ4n) is 4.45. The van der Waals surface area contributed by atoms with E-state index in [1.54, 1.807) is 17.4 Å². The van der Waals surface area contributed by atoms with Crippen molar-refractivity contribution in [1.29, 1.82) is 0 Å². The molecular weight excluding hydrogens is 461 g/mol. The van der Waals surface area contributed by atoms with Crippen molar-refractivity contribution in [3.05, 3.63) is 51.6 Å². The van der Waals surface area contributed by atoms with E-state index in [2.05, 4.69) is 18.7 Å². The summed E-state index contributed by atoms with van der Waals surface area (Å²) in [5.74, 6) is -0.213. The number of halogens is 2. The number of nitrogens with zero attached hydrogens (tertiary/aromatic N) is 1. The minimum Gasteiger partial charge on any atom is -0.465 e. The third-order valence-corrected chi connectivity index (χ3v) is 7.50. The lowest BCUT2D eigenvalue weighted by atomic mass is 9.98. The zero-order valence-electron chi connectivity index (χ0n) is 19.4. The first kappa shape index (κ1) is 24.0. The zero-order chi connectivity index (χ0) is 23.7. The summed E-state index contributed by atoms with van der Waals surface area (Å²) in [5, 5.41) is 0.906. The molecular formula is C26H29ClFNO3S. The Morgan fingerprint density at radius 2 is 2.12 bits per heavy atom. The largest absolute Gasteiger partial charge is 0.465 e. The van der Waals surface area contributed by atoms with Crippen LogP contribution in [0, 0.1) is 18.7 Å². The van der Waals surface area contributed by atoms with Crippen molar-refractivity contribution in [3.8, 4) is 11.1 Å². The Morgan fingerprint density at radius 1 is 1.33 bits per heavy atom. The third kappa shape index (κ3) is 5.03. The van der Waals surface area contributed by atoms with Gasteiger partial charge in [0.05, 0.1) is 36.1 Å². The molecule has 2 heterocycles. The molecule has 176 valence electrons. The van der Waals surface area contributed by atoms with Crippen LogP contribution in [0.5, 0.6) is 0 Å². The maximum atomic E-state index is 14.3. The molecule has 0 bridgehead atoms. The number of ether oxygens (including phenoxy) is 2. The molecule has 0 radical (unpaired) electrons. The van der Waals surface area contributed by atoms with Crippen LogP contribution in [-0.2, 0) is 9.47 Å². The van der Waals surface area contributed by atoms with E-state index in [9.17, 15) is 9.18 Å². The lowest BCUT2D eigenvalue weighted by molar-refractivity contribution is 0.0317. The van der Waals surface area contributed by atoms with Crippen molar-refractivity contribution in [2.45, 2.75) is 39.7 Å². The SMILES string of the molecule is COC(=O)c1cc(-c2c(C)sc3cc(Cl)c(F)cc23)ccc1N1CCO[C@H](CCC(C)C)C1. The number of esters is 1. The van der Waals surface area contributed by atoms with Crippen molar-refractivity contribution in [3.63, 3.8) is 0 Å². The highest BCUT2D eigenvalue weighted by Gasteiger charge is 2.26. The molecule has 0 N–H and O–H groups in total. The first-order valence-corrected chi connectivity index (χ1v) is 12.4. The lowest BCUT2D eigenvalue weighted by Crippen LogP contribution is -2.43. The summed E-state index contributed by atoms with van der Waals surface area (Å²) in [6.07, 6.45) is 2.24. The molecule has 1 atom stereocenters. The summed E-state index contributed by atoms with van der Waals surface area (Å²) >= 11 is 7.56. The Labute approximate surface area is 203 Å². The minimum atomic E-state index is -0.450. The Morgan fingerprint density at radius 3 is 2.85 bits per heavy atom. The average molecular weight is 490 g/mol. The first-order valence-electron chi connectivity index (χ1n) is 11.3. The van der Waals surface area contributed by atoms with Gasteiger partial charge in [0.25, 0.3) is 0 Å². The van der Waals surface area contributed by atoms with E-state index in [1.165, 1.54) is 13.2 Å². The van der Waals surface area contributed by atoms with Gasteiger partial charge in [-0.2, -0.15) is 0 Å². The molecule has 1 aliphatic heterocycles. The lowest BCUT2D eigenvalue weighted by Gasteiger charge is -2.35. The fourth-order valence-corrected chi connectivity index (χ4v) is 5.78. The van der Waals surface area contributed by atoms with Crippen LogP contribution in [-0.4, -0.2) is 38.9 Å². The highest BCUT2D eigenvalue weighted by molar-refractivity contribution is 7.19. The van der Waals surface area contributed by atoms with E-state index >= 15 is 0 Å². The molecule has 1 fully saturated rings. The van der Waals surface area contributed by atoms with Gasteiger partial charge in [0.2, 0.25) is 0 Å². The number of hydrogen-bond donors (Lipinski definition) is 0. The van der Waals surface area contributed by atoms with Crippen LogP contribution in [0.3, 0.4) is 0 Å². The van der Waals surface area contributed by atoms with Gasteiger partial charge in [-0.15, -0.1) is 11.3 Å². The second-order valence-corrected chi connectivity index (χ2v) is 10.6. The molecule has 0 amide bonds. The van der Waals surface area contributed by atoms with E-state index in [1.807, 2.05) is 25.1 Å². The maximum Gasteiger partial charge on any atom is 0.339 e. The predicted octanol–water partition coefficient (Wildman–Crippen LogP) is 7.10. The van der Waals surface area contributed by atoms with Crippen LogP contribution in [0.2, 0.25) is 5.02 Å². The van der Waals surface area contributed by atoms with Gasteiger partial charge in [-0.05, 0) is 55.5 Å². The van der Waals surface area contributed by atoms with Gasteiger partial charge >= 0.3 is 5.97 Å². The van der Waals surface area contributed by atoms with E-state index in [0.717, 1.165) is 51.2 Å². The molecule has 7 heteroatoms. The second-order valence-electron chi connectivity index (χ2n) is 8.93. The van der Waals surface area contributed by atoms with Crippen LogP contribution in [0.1, 0.15) is 41.9 Å². The smallest absolute Gasteiger partial charge is 0.339 e. The molecule has 1 saturated heterocycles. The standard InChI is InChI=1S/C26H29ClFNO3S/c1-15(2)5-7-18-14-29(9-10-32-18)23-8-6-17(11-19(23)26(30)31-4)25-16(3)33-24-13-21(27)22(28)12-20(24)25/h6,8,11-13,15,18H,5,7,9-10,14H2,1-4H3/t18-/m1/s1. The zero-order valence-corrected chi connectivity index (χ0v) is 21.0. The Bertz CT molecular complexity index is 1180. The number of carbonyl (C=O) groups is 1. The molecule has 0 aliphatic carbocycles. The number of carbonyl (C=O) groups excluding carboxylic acids is 1. The molecule has 4 rings (SSSR count). The number of fused-ring (bicyclic) bond motifs is 1. The van der Waals surface area contributed by atoms with Gasteiger partial charge in [-0.1, -0.05) is 31.5 Å². The molecule has 3 aromatic rings. The summed E-state index contributed by atoms with van der Waals surface area (Å²) in [5.41, 5.74) is 3.12. The van der Waals surface area contributed by atoms with Crippen molar-refractivity contribution < 1.29 is 18.7 Å². The summed E-state index contributed by atoms with van der Waals surface area (Å²) in [6, 6.07) is 8.97. The summed E-state index contributed by atoms with van der Waals surface area (Å²) in [4.78, 5) is 16.0. The topological polar surface area (TPSA) is 38.8 Å². The van der Waals surface area contributed by atoms with Gasteiger partial charge in [0.15, 0.2) is 0 Å². The molecule has 4 nitrogen and oxygen atoms in total. The summed E-state index contributed by atoms with van der Waals surface area (Å²) in [6.45, 7) is 8.50. The minimum absolute atomic E-state index is 0.111. The van der Waals surface area contributed by atoms with E-state index in [-0.39, 0.29) is 17.1 Å². The van der Waals surface area contributed by atoms with Crippen molar-refractivity contribution in [2.24, 2.45) is 5.92 Å². The molecule has 0 saturated carbocycles. The number of aryl methyl sites for hydroxylation is 1. The van der Waals surface area contributed by atoms with E-state index < -0.39 is 5.82 Å². The van der Waals surface area contributed by atoms with Crippen molar-refractivity contribution in [1.82, 2.24) is 0 Å². The van der Waals surface area contributed by atoms with Gasteiger partial charge in [-0.3, -0.25) is 0 Å². The Balaban J connectivity index is 1.73. The Kier molecular flexibility index (Phi) is 7.27.